The second kappa shape index (κ2) is 8.08. The van der Waals surface area contributed by atoms with Crippen molar-refractivity contribution in [2.45, 2.75) is 6.92 Å². The van der Waals surface area contributed by atoms with Crippen LogP contribution >= 0.6 is 0 Å². The number of phenols is 3. The van der Waals surface area contributed by atoms with Crippen LogP contribution in [-0.4, -0.2) is 69.7 Å². The predicted molar refractivity (Wildman–Crippen MR) is 101 cm³/mol. The van der Waals surface area contributed by atoms with Gasteiger partial charge in [0.15, 0.2) is 17.2 Å². The molecule has 2 aromatic rings. The zero-order valence-corrected chi connectivity index (χ0v) is 15.5. The van der Waals surface area contributed by atoms with Gasteiger partial charge in [0.05, 0.1) is 6.61 Å². The molecular formula is C20H22N2O6. The highest BCUT2D eigenvalue weighted by atomic mass is 16.5. The molecule has 0 aliphatic carbocycles. The van der Waals surface area contributed by atoms with Crippen molar-refractivity contribution in [2.24, 2.45) is 0 Å². The van der Waals surface area contributed by atoms with E-state index in [9.17, 15) is 24.9 Å². The smallest absolute Gasteiger partial charge is 0.254 e. The number of ether oxygens (including phenoxy) is 1. The number of piperazine rings is 1. The lowest BCUT2D eigenvalue weighted by Crippen LogP contribution is -2.50. The Labute approximate surface area is 162 Å². The fourth-order valence-electron chi connectivity index (χ4n) is 3.07. The monoisotopic (exact) mass is 386 g/mol. The van der Waals surface area contributed by atoms with Crippen LogP contribution in [0.15, 0.2) is 36.4 Å². The summed E-state index contributed by atoms with van der Waals surface area (Å²) in [6, 6.07) is 9.14. The Kier molecular flexibility index (Phi) is 5.58. The van der Waals surface area contributed by atoms with Gasteiger partial charge < -0.3 is 29.9 Å². The molecule has 28 heavy (non-hydrogen) atoms. The summed E-state index contributed by atoms with van der Waals surface area (Å²) in [7, 11) is 0. The molecule has 3 rings (SSSR count). The Bertz CT molecular complexity index is 850. The minimum Gasteiger partial charge on any atom is -0.504 e. The highest BCUT2D eigenvalue weighted by Crippen LogP contribution is 2.35. The first kappa shape index (κ1) is 19.3. The normalized spacial score (nSPS) is 14.0. The lowest BCUT2D eigenvalue weighted by atomic mass is 10.1. The van der Waals surface area contributed by atoms with Crippen LogP contribution in [0.1, 0.15) is 27.6 Å². The predicted octanol–water partition coefficient (Wildman–Crippen LogP) is 1.80. The van der Waals surface area contributed by atoms with E-state index in [2.05, 4.69) is 0 Å². The molecule has 148 valence electrons. The van der Waals surface area contributed by atoms with Gasteiger partial charge in [-0.2, -0.15) is 0 Å². The molecular weight excluding hydrogens is 364 g/mol. The molecule has 1 aliphatic heterocycles. The fraction of sp³-hybridized carbons (Fsp3) is 0.300. The second-order valence-corrected chi connectivity index (χ2v) is 6.40. The van der Waals surface area contributed by atoms with E-state index in [1.165, 1.54) is 4.90 Å². The average molecular weight is 386 g/mol. The quantitative estimate of drug-likeness (QED) is 0.691. The van der Waals surface area contributed by atoms with E-state index in [4.69, 9.17) is 4.74 Å². The molecule has 3 N–H and O–H groups in total. The van der Waals surface area contributed by atoms with Gasteiger partial charge in [0.2, 0.25) is 0 Å². The van der Waals surface area contributed by atoms with Crippen LogP contribution < -0.4 is 4.74 Å². The zero-order valence-electron chi connectivity index (χ0n) is 15.5. The van der Waals surface area contributed by atoms with Crippen LogP contribution in [0, 0.1) is 0 Å². The molecule has 1 fully saturated rings. The maximum Gasteiger partial charge on any atom is 0.254 e. The van der Waals surface area contributed by atoms with Gasteiger partial charge in [-0.25, -0.2) is 0 Å². The van der Waals surface area contributed by atoms with Crippen LogP contribution in [0.5, 0.6) is 23.0 Å². The Balaban J connectivity index is 1.62. The Hall–Kier alpha value is -3.42. The molecule has 0 atom stereocenters. The minimum atomic E-state index is -0.665. The van der Waals surface area contributed by atoms with Gasteiger partial charge in [0.1, 0.15) is 5.75 Å². The molecule has 0 spiro atoms. The van der Waals surface area contributed by atoms with Gasteiger partial charge in [-0.1, -0.05) is 0 Å². The van der Waals surface area contributed by atoms with Crippen LogP contribution in [0.2, 0.25) is 0 Å². The summed E-state index contributed by atoms with van der Waals surface area (Å²) in [5.41, 5.74) is 0.621. The maximum absolute atomic E-state index is 12.6. The second-order valence-electron chi connectivity index (χ2n) is 6.40. The van der Waals surface area contributed by atoms with Crippen LogP contribution in [-0.2, 0) is 0 Å². The molecule has 0 bridgehead atoms. The van der Waals surface area contributed by atoms with E-state index in [-0.39, 0.29) is 11.5 Å². The third-order valence-corrected chi connectivity index (χ3v) is 4.58. The van der Waals surface area contributed by atoms with Gasteiger partial charge in [0.25, 0.3) is 11.8 Å². The van der Waals surface area contributed by atoms with Crippen molar-refractivity contribution in [3.05, 3.63) is 47.5 Å². The molecule has 1 saturated heterocycles. The van der Waals surface area contributed by atoms with Gasteiger partial charge in [-0.05, 0) is 43.3 Å². The largest absolute Gasteiger partial charge is 0.504 e. The maximum atomic E-state index is 12.6. The van der Waals surface area contributed by atoms with E-state index >= 15 is 0 Å². The lowest BCUT2D eigenvalue weighted by Gasteiger charge is -2.35. The van der Waals surface area contributed by atoms with E-state index in [0.717, 1.165) is 12.1 Å². The standard InChI is InChI=1S/C20H22N2O6/c1-2-28-15-5-3-13(4-6-15)19(26)21-7-9-22(10-8-21)20(27)14-11-16(23)18(25)17(24)12-14/h3-6,11-12,23-25H,2,7-10H2,1H3. The van der Waals surface area contributed by atoms with E-state index < -0.39 is 23.2 Å². The molecule has 8 heteroatoms. The molecule has 2 aromatic carbocycles. The number of nitrogens with zero attached hydrogens (tertiary/aromatic N) is 2. The number of amides is 2. The van der Waals surface area contributed by atoms with Gasteiger partial charge in [-0.15, -0.1) is 0 Å². The number of carbonyl (C=O) groups is 2. The summed E-state index contributed by atoms with van der Waals surface area (Å²) in [4.78, 5) is 28.4. The van der Waals surface area contributed by atoms with Crippen molar-refractivity contribution < 1.29 is 29.6 Å². The van der Waals surface area contributed by atoms with Crippen molar-refractivity contribution in [1.29, 1.82) is 0 Å². The molecule has 0 radical (unpaired) electrons. The molecule has 0 saturated carbocycles. The summed E-state index contributed by atoms with van der Waals surface area (Å²) in [5, 5.41) is 28.6. The SMILES string of the molecule is CCOc1ccc(C(=O)N2CCN(C(=O)c3cc(O)c(O)c(O)c3)CC2)cc1. The highest BCUT2D eigenvalue weighted by Gasteiger charge is 2.26. The fourth-order valence-corrected chi connectivity index (χ4v) is 3.07. The topological polar surface area (TPSA) is 111 Å². The minimum absolute atomic E-state index is 0.0686. The van der Waals surface area contributed by atoms with Crippen LogP contribution in [0.25, 0.3) is 0 Å². The van der Waals surface area contributed by atoms with Crippen LogP contribution in [0.3, 0.4) is 0 Å². The summed E-state index contributed by atoms with van der Waals surface area (Å²) in [6.07, 6.45) is 0. The van der Waals surface area contributed by atoms with Crippen molar-refractivity contribution in [2.75, 3.05) is 32.8 Å². The number of hydrogen-bond donors (Lipinski definition) is 3. The summed E-state index contributed by atoms with van der Waals surface area (Å²) in [6.45, 7) is 3.83. The average Bonchev–Trinajstić information content (AvgIpc) is 2.71. The number of rotatable bonds is 4. The third-order valence-electron chi connectivity index (χ3n) is 4.58. The zero-order chi connectivity index (χ0) is 20.3. The Morgan fingerprint density at radius 1 is 0.857 bits per heavy atom. The van der Waals surface area contributed by atoms with Gasteiger partial charge in [0, 0.05) is 37.3 Å². The van der Waals surface area contributed by atoms with Crippen molar-refractivity contribution in [3.8, 4) is 23.0 Å². The van der Waals surface area contributed by atoms with E-state index in [1.807, 2.05) is 6.92 Å². The summed E-state index contributed by atoms with van der Waals surface area (Å²) in [5.74, 6) is -1.59. The van der Waals surface area contributed by atoms with E-state index in [0.29, 0.717) is 44.1 Å². The van der Waals surface area contributed by atoms with Gasteiger partial charge >= 0.3 is 0 Å². The molecule has 2 amide bonds. The first-order chi connectivity index (χ1) is 13.4. The van der Waals surface area contributed by atoms with E-state index in [1.54, 1.807) is 29.2 Å². The van der Waals surface area contributed by atoms with Gasteiger partial charge in [-0.3, -0.25) is 9.59 Å². The Morgan fingerprint density at radius 2 is 1.32 bits per heavy atom. The summed E-state index contributed by atoms with van der Waals surface area (Å²) >= 11 is 0. The van der Waals surface area contributed by atoms with Crippen LogP contribution in [0.4, 0.5) is 0 Å². The van der Waals surface area contributed by atoms with Crippen molar-refractivity contribution in [3.63, 3.8) is 0 Å². The number of hydrogen-bond acceptors (Lipinski definition) is 6. The number of carbonyl (C=O) groups excluding carboxylic acids is 2. The third kappa shape index (κ3) is 3.95. The molecule has 0 unspecified atom stereocenters. The highest BCUT2D eigenvalue weighted by molar-refractivity contribution is 5.96. The number of benzene rings is 2. The number of phenolic OH excluding ortho intramolecular Hbond substituents is 3. The van der Waals surface area contributed by atoms with Crippen molar-refractivity contribution >= 4 is 11.8 Å². The number of aromatic hydroxyl groups is 3. The summed E-state index contributed by atoms with van der Waals surface area (Å²) < 4.78 is 5.37. The molecule has 8 nitrogen and oxygen atoms in total. The lowest BCUT2D eigenvalue weighted by molar-refractivity contribution is 0.0535. The van der Waals surface area contributed by atoms with Crippen molar-refractivity contribution in [1.82, 2.24) is 9.80 Å². The first-order valence-electron chi connectivity index (χ1n) is 8.97. The first-order valence-corrected chi connectivity index (χ1v) is 8.97. The molecule has 1 heterocycles. The Morgan fingerprint density at radius 3 is 1.79 bits per heavy atom. The molecule has 0 aromatic heterocycles. The molecule has 1 aliphatic rings.